The standard InChI is InChI=1S/C19H32N2/c1-14(2)17-8-7-9-18(12-17)16(5)21-11-10-20(6)19(13-21)15(3)4/h7-9,12,14-16,19H,10-11,13H2,1-6H3/t16-,19-/m1/s1. The third kappa shape index (κ3) is 3.87. The molecule has 1 saturated heterocycles. The number of rotatable bonds is 4. The minimum absolute atomic E-state index is 0.513. The van der Waals surface area contributed by atoms with Crippen LogP contribution < -0.4 is 0 Å². The number of hydrogen-bond acceptors (Lipinski definition) is 2. The van der Waals surface area contributed by atoms with Gasteiger partial charge in [0.25, 0.3) is 0 Å². The summed E-state index contributed by atoms with van der Waals surface area (Å²) in [6, 6.07) is 10.4. The van der Waals surface area contributed by atoms with Gasteiger partial charge in [-0.15, -0.1) is 0 Å². The predicted molar refractivity (Wildman–Crippen MR) is 91.8 cm³/mol. The number of likely N-dealkylation sites (N-methyl/N-ethyl adjacent to an activating group) is 1. The van der Waals surface area contributed by atoms with Crippen molar-refractivity contribution >= 4 is 0 Å². The summed E-state index contributed by atoms with van der Waals surface area (Å²) in [5, 5.41) is 0. The molecule has 0 bridgehead atoms. The van der Waals surface area contributed by atoms with Crippen LogP contribution in [0.3, 0.4) is 0 Å². The Morgan fingerprint density at radius 3 is 2.29 bits per heavy atom. The van der Waals surface area contributed by atoms with E-state index in [1.807, 2.05) is 0 Å². The van der Waals surface area contributed by atoms with Crippen LogP contribution in [0.1, 0.15) is 57.7 Å². The van der Waals surface area contributed by atoms with Crippen molar-refractivity contribution in [2.24, 2.45) is 5.92 Å². The molecule has 0 aliphatic carbocycles. The summed E-state index contributed by atoms with van der Waals surface area (Å²) >= 11 is 0. The summed E-state index contributed by atoms with van der Waals surface area (Å²) in [6.07, 6.45) is 0. The van der Waals surface area contributed by atoms with E-state index in [0.717, 1.165) is 0 Å². The predicted octanol–water partition coefficient (Wildman–Crippen LogP) is 4.14. The smallest absolute Gasteiger partial charge is 0.0321 e. The highest BCUT2D eigenvalue weighted by Gasteiger charge is 2.29. The van der Waals surface area contributed by atoms with Crippen LogP contribution in [0.5, 0.6) is 0 Å². The van der Waals surface area contributed by atoms with Crippen LogP contribution in [0.4, 0.5) is 0 Å². The van der Waals surface area contributed by atoms with Crippen molar-refractivity contribution in [1.29, 1.82) is 0 Å². The number of piperazine rings is 1. The van der Waals surface area contributed by atoms with Gasteiger partial charge >= 0.3 is 0 Å². The molecule has 1 aliphatic rings. The van der Waals surface area contributed by atoms with E-state index >= 15 is 0 Å². The van der Waals surface area contributed by atoms with Crippen molar-refractivity contribution in [2.45, 2.75) is 52.6 Å². The normalized spacial score (nSPS) is 23.0. The fraction of sp³-hybridized carbons (Fsp3) is 0.684. The van der Waals surface area contributed by atoms with Crippen molar-refractivity contribution in [3.8, 4) is 0 Å². The summed E-state index contributed by atoms with van der Waals surface area (Å²) in [4.78, 5) is 5.18. The zero-order valence-electron chi connectivity index (χ0n) is 14.6. The zero-order valence-corrected chi connectivity index (χ0v) is 14.6. The van der Waals surface area contributed by atoms with Crippen LogP contribution in [0.2, 0.25) is 0 Å². The summed E-state index contributed by atoms with van der Waals surface area (Å²) in [5.74, 6) is 1.32. The molecule has 0 N–H and O–H groups in total. The van der Waals surface area contributed by atoms with Crippen LogP contribution >= 0.6 is 0 Å². The molecule has 1 aromatic rings. The van der Waals surface area contributed by atoms with Crippen molar-refractivity contribution in [3.05, 3.63) is 35.4 Å². The van der Waals surface area contributed by atoms with E-state index in [1.54, 1.807) is 0 Å². The second-order valence-electron chi connectivity index (χ2n) is 7.29. The van der Waals surface area contributed by atoms with Gasteiger partial charge in [-0.25, -0.2) is 0 Å². The molecule has 2 atom stereocenters. The molecule has 0 radical (unpaired) electrons. The SMILES string of the molecule is CC(C)c1cccc([C@@H](C)N2CCN(C)[C@@H](C(C)C)C2)c1. The Balaban J connectivity index is 2.12. The maximum absolute atomic E-state index is 2.66. The molecule has 0 amide bonds. The Morgan fingerprint density at radius 2 is 1.67 bits per heavy atom. The molecule has 2 heteroatoms. The highest BCUT2D eigenvalue weighted by Crippen LogP contribution is 2.27. The highest BCUT2D eigenvalue weighted by atomic mass is 15.3. The molecule has 0 saturated carbocycles. The van der Waals surface area contributed by atoms with Gasteiger partial charge < -0.3 is 4.90 Å². The van der Waals surface area contributed by atoms with Crippen LogP contribution in [0.15, 0.2) is 24.3 Å². The fourth-order valence-corrected chi connectivity index (χ4v) is 3.38. The molecule has 1 fully saturated rings. The Hall–Kier alpha value is -0.860. The zero-order chi connectivity index (χ0) is 15.6. The second-order valence-corrected chi connectivity index (χ2v) is 7.29. The lowest BCUT2D eigenvalue weighted by Gasteiger charge is -2.44. The van der Waals surface area contributed by atoms with Gasteiger partial charge in [-0.2, -0.15) is 0 Å². The largest absolute Gasteiger partial charge is 0.301 e. The van der Waals surface area contributed by atoms with E-state index in [-0.39, 0.29) is 0 Å². The third-order valence-corrected chi connectivity index (χ3v) is 5.10. The van der Waals surface area contributed by atoms with E-state index in [0.29, 0.717) is 23.9 Å². The molecular weight excluding hydrogens is 256 g/mol. The molecule has 0 aromatic heterocycles. The topological polar surface area (TPSA) is 6.48 Å². The lowest BCUT2D eigenvalue weighted by Crippen LogP contribution is -2.53. The van der Waals surface area contributed by atoms with Gasteiger partial charge in [0.2, 0.25) is 0 Å². The average molecular weight is 288 g/mol. The Labute approximate surface area is 131 Å². The first-order chi connectivity index (χ1) is 9.90. The Morgan fingerprint density at radius 1 is 1.00 bits per heavy atom. The third-order valence-electron chi connectivity index (χ3n) is 5.10. The van der Waals surface area contributed by atoms with Crippen molar-refractivity contribution < 1.29 is 0 Å². The first kappa shape index (κ1) is 16.5. The maximum atomic E-state index is 2.66. The van der Waals surface area contributed by atoms with Crippen LogP contribution in [-0.4, -0.2) is 42.5 Å². The van der Waals surface area contributed by atoms with Crippen molar-refractivity contribution in [2.75, 3.05) is 26.7 Å². The van der Waals surface area contributed by atoms with Gasteiger partial charge in [-0.1, -0.05) is 52.0 Å². The first-order valence-corrected chi connectivity index (χ1v) is 8.44. The molecule has 0 spiro atoms. The average Bonchev–Trinajstić information content (AvgIpc) is 2.46. The molecule has 21 heavy (non-hydrogen) atoms. The number of hydrogen-bond donors (Lipinski definition) is 0. The quantitative estimate of drug-likeness (QED) is 0.821. The van der Waals surface area contributed by atoms with Crippen LogP contribution in [0, 0.1) is 5.92 Å². The van der Waals surface area contributed by atoms with Gasteiger partial charge in [-0.05, 0) is 36.9 Å². The van der Waals surface area contributed by atoms with Gasteiger partial charge in [0.15, 0.2) is 0 Å². The van der Waals surface area contributed by atoms with E-state index in [4.69, 9.17) is 0 Å². The van der Waals surface area contributed by atoms with Gasteiger partial charge in [0.05, 0.1) is 0 Å². The lowest BCUT2D eigenvalue weighted by atomic mass is 9.95. The number of benzene rings is 1. The number of nitrogens with zero attached hydrogens (tertiary/aromatic N) is 2. The maximum Gasteiger partial charge on any atom is 0.0321 e. The van der Waals surface area contributed by atoms with E-state index in [2.05, 4.69) is 75.7 Å². The Kier molecular flexibility index (Phi) is 5.45. The van der Waals surface area contributed by atoms with Gasteiger partial charge in [0, 0.05) is 31.7 Å². The molecule has 1 aromatic carbocycles. The van der Waals surface area contributed by atoms with Gasteiger partial charge in [-0.3, -0.25) is 4.90 Å². The van der Waals surface area contributed by atoms with Crippen LogP contribution in [-0.2, 0) is 0 Å². The van der Waals surface area contributed by atoms with Gasteiger partial charge in [0.1, 0.15) is 0 Å². The molecule has 0 unspecified atom stereocenters. The first-order valence-electron chi connectivity index (χ1n) is 8.44. The summed E-state index contributed by atoms with van der Waals surface area (Å²) < 4.78 is 0. The second kappa shape index (κ2) is 6.93. The highest BCUT2D eigenvalue weighted by molar-refractivity contribution is 5.28. The van der Waals surface area contributed by atoms with E-state index in [9.17, 15) is 0 Å². The lowest BCUT2D eigenvalue weighted by molar-refractivity contribution is 0.0477. The summed E-state index contributed by atoms with van der Waals surface area (Å²) in [6.45, 7) is 15.1. The fourth-order valence-electron chi connectivity index (χ4n) is 3.38. The minimum Gasteiger partial charge on any atom is -0.301 e. The molecule has 118 valence electrons. The molecule has 1 heterocycles. The van der Waals surface area contributed by atoms with E-state index in [1.165, 1.54) is 30.8 Å². The summed E-state index contributed by atoms with van der Waals surface area (Å²) in [5.41, 5.74) is 2.92. The molecule has 2 nitrogen and oxygen atoms in total. The molecule has 1 aliphatic heterocycles. The van der Waals surface area contributed by atoms with Crippen molar-refractivity contribution in [3.63, 3.8) is 0 Å². The Bertz CT molecular complexity index is 453. The van der Waals surface area contributed by atoms with Crippen molar-refractivity contribution in [1.82, 2.24) is 9.80 Å². The van der Waals surface area contributed by atoms with Crippen LogP contribution in [0.25, 0.3) is 0 Å². The molecular formula is C19H32N2. The molecule has 2 rings (SSSR count). The van der Waals surface area contributed by atoms with E-state index < -0.39 is 0 Å². The summed E-state index contributed by atoms with van der Waals surface area (Å²) in [7, 11) is 2.27. The monoisotopic (exact) mass is 288 g/mol. The minimum atomic E-state index is 0.513.